The first-order valence-corrected chi connectivity index (χ1v) is 8.28. The molecule has 0 saturated carbocycles. The number of hydrogen-bond acceptors (Lipinski definition) is 3. The molecule has 4 heteroatoms. The van der Waals surface area contributed by atoms with E-state index in [0.29, 0.717) is 12.8 Å². The number of aliphatic carboxylic acids is 1. The summed E-state index contributed by atoms with van der Waals surface area (Å²) in [5, 5.41) is 9.58. The van der Waals surface area contributed by atoms with E-state index in [2.05, 4.69) is 13.5 Å². The Bertz CT molecular complexity index is 554. The molecule has 1 fully saturated rings. The highest BCUT2D eigenvalue weighted by atomic mass is 16.6. The van der Waals surface area contributed by atoms with Gasteiger partial charge in [-0.1, -0.05) is 44.0 Å². The third-order valence-electron chi connectivity index (χ3n) is 4.36. The quantitative estimate of drug-likeness (QED) is 0.521. The van der Waals surface area contributed by atoms with Gasteiger partial charge in [0.1, 0.15) is 18.0 Å². The van der Waals surface area contributed by atoms with Crippen molar-refractivity contribution in [2.75, 3.05) is 0 Å². The van der Waals surface area contributed by atoms with Gasteiger partial charge >= 0.3 is 5.97 Å². The van der Waals surface area contributed by atoms with Crippen LogP contribution in [0, 0.1) is 6.92 Å². The summed E-state index contributed by atoms with van der Waals surface area (Å²) in [6.45, 7) is 7.78. The summed E-state index contributed by atoms with van der Waals surface area (Å²) in [6.07, 6.45) is 5.04. The van der Waals surface area contributed by atoms with Crippen molar-refractivity contribution in [2.24, 2.45) is 0 Å². The Balaban J connectivity index is 2.10. The number of ether oxygens (including phenoxy) is 2. The Morgan fingerprint density at radius 2 is 2.26 bits per heavy atom. The monoisotopic (exact) mass is 318 g/mol. The fraction of sp³-hybridized carbons (Fsp3) is 0.526. The molecule has 1 aromatic rings. The summed E-state index contributed by atoms with van der Waals surface area (Å²) in [5.41, 5.74) is -0.0623. The molecule has 0 amide bonds. The zero-order valence-corrected chi connectivity index (χ0v) is 14.0. The van der Waals surface area contributed by atoms with E-state index in [1.807, 2.05) is 31.2 Å². The Morgan fingerprint density at radius 3 is 2.87 bits per heavy atom. The van der Waals surface area contributed by atoms with Crippen molar-refractivity contribution in [1.82, 2.24) is 0 Å². The van der Waals surface area contributed by atoms with Gasteiger partial charge in [0, 0.05) is 6.42 Å². The fourth-order valence-electron chi connectivity index (χ4n) is 2.91. The van der Waals surface area contributed by atoms with Crippen LogP contribution in [0.4, 0.5) is 0 Å². The van der Waals surface area contributed by atoms with E-state index in [-0.39, 0.29) is 12.2 Å². The number of rotatable bonds is 10. The third kappa shape index (κ3) is 4.14. The number of benzene rings is 1. The van der Waals surface area contributed by atoms with E-state index in [1.54, 1.807) is 6.08 Å². The van der Waals surface area contributed by atoms with Crippen LogP contribution in [0.25, 0.3) is 0 Å². The number of para-hydroxylation sites is 1. The van der Waals surface area contributed by atoms with Crippen molar-refractivity contribution >= 4 is 5.97 Å². The lowest BCUT2D eigenvalue weighted by atomic mass is 9.93. The number of epoxide rings is 1. The molecule has 0 spiro atoms. The molecule has 3 atom stereocenters. The zero-order valence-electron chi connectivity index (χ0n) is 14.0. The molecular weight excluding hydrogens is 292 g/mol. The number of hydrogen-bond donors (Lipinski definition) is 1. The normalized spacial score (nSPS) is 24.0. The fourth-order valence-corrected chi connectivity index (χ4v) is 2.91. The lowest BCUT2D eigenvalue weighted by molar-refractivity contribution is -0.144. The zero-order chi connectivity index (χ0) is 16.9. The SMILES string of the molecule is C=CCC1OC1(CC(CCCC)Oc1ccccc1C)C(=O)O. The first-order valence-electron chi connectivity index (χ1n) is 8.28. The molecule has 1 saturated heterocycles. The summed E-state index contributed by atoms with van der Waals surface area (Å²) < 4.78 is 11.7. The Hall–Kier alpha value is -1.81. The molecule has 1 aliphatic heterocycles. The maximum Gasteiger partial charge on any atom is 0.338 e. The minimum atomic E-state index is -1.12. The van der Waals surface area contributed by atoms with Gasteiger partial charge in [-0.2, -0.15) is 0 Å². The minimum Gasteiger partial charge on any atom is -0.490 e. The Kier molecular flexibility index (Phi) is 5.83. The largest absolute Gasteiger partial charge is 0.490 e. The third-order valence-corrected chi connectivity index (χ3v) is 4.36. The molecule has 2 rings (SSSR count). The topological polar surface area (TPSA) is 59.1 Å². The molecule has 23 heavy (non-hydrogen) atoms. The van der Waals surface area contributed by atoms with Crippen molar-refractivity contribution < 1.29 is 19.4 Å². The van der Waals surface area contributed by atoms with Gasteiger partial charge < -0.3 is 14.6 Å². The lowest BCUT2D eigenvalue weighted by Crippen LogP contribution is -2.34. The van der Waals surface area contributed by atoms with Crippen molar-refractivity contribution in [3.05, 3.63) is 42.5 Å². The van der Waals surface area contributed by atoms with Gasteiger partial charge in [0.05, 0.1) is 0 Å². The summed E-state index contributed by atoms with van der Waals surface area (Å²) in [6, 6.07) is 7.82. The average molecular weight is 318 g/mol. The van der Waals surface area contributed by atoms with Gasteiger partial charge in [0.25, 0.3) is 0 Å². The van der Waals surface area contributed by atoms with Crippen LogP contribution in [0.3, 0.4) is 0 Å². The van der Waals surface area contributed by atoms with Crippen LogP contribution < -0.4 is 4.74 Å². The van der Waals surface area contributed by atoms with Crippen LogP contribution in [-0.4, -0.2) is 28.9 Å². The summed E-state index contributed by atoms with van der Waals surface area (Å²) in [4.78, 5) is 11.7. The van der Waals surface area contributed by atoms with Gasteiger partial charge in [0.15, 0.2) is 5.60 Å². The number of aryl methyl sites for hydroxylation is 1. The van der Waals surface area contributed by atoms with Crippen molar-refractivity contribution in [1.29, 1.82) is 0 Å². The van der Waals surface area contributed by atoms with E-state index in [1.165, 1.54) is 0 Å². The number of carboxylic acids is 1. The van der Waals surface area contributed by atoms with E-state index in [9.17, 15) is 9.90 Å². The van der Waals surface area contributed by atoms with Gasteiger partial charge in [0.2, 0.25) is 0 Å². The number of carboxylic acid groups (broad SMARTS) is 1. The predicted molar refractivity (Wildman–Crippen MR) is 89.8 cm³/mol. The Morgan fingerprint density at radius 1 is 1.52 bits per heavy atom. The molecule has 0 bridgehead atoms. The number of unbranched alkanes of at least 4 members (excludes halogenated alkanes) is 1. The highest BCUT2D eigenvalue weighted by Gasteiger charge is 2.63. The molecule has 0 aliphatic carbocycles. The van der Waals surface area contributed by atoms with Gasteiger partial charge in [-0.15, -0.1) is 6.58 Å². The highest BCUT2D eigenvalue weighted by molar-refractivity contribution is 5.81. The van der Waals surface area contributed by atoms with Crippen LogP contribution in [0.1, 0.15) is 44.6 Å². The van der Waals surface area contributed by atoms with Gasteiger partial charge in [-0.3, -0.25) is 0 Å². The molecule has 1 aliphatic rings. The average Bonchev–Trinajstić information content (AvgIpc) is 3.21. The van der Waals surface area contributed by atoms with E-state index >= 15 is 0 Å². The standard InChI is InChI=1S/C19H26O4/c1-4-6-11-15(22-16-12-8-7-10-14(16)3)13-19(18(20)21)17(23-19)9-5-2/h5,7-8,10,12,15,17H,2,4,6,9,11,13H2,1,3H3,(H,20,21). The first kappa shape index (κ1) is 17.5. The van der Waals surface area contributed by atoms with Crippen molar-refractivity contribution in [2.45, 2.75) is 63.8 Å². The summed E-state index contributed by atoms with van der Waals surface area (Å²) in [5.74, 6) is -0.0886. The molecule has 3 unspecified atom stereocenters. The molecule has 1 heterocycles. The Labute approximate surface area is 138 Å². The maximum absolute atomic E-state index is 11.7. The molecule has 126 valence electrons. The van der Waals surface area contributed by atoms with E-state index in [0.717, 1.165) is 30.6 Å². The summed E-state index contributed by atoms with van der Waals surface area (Å²) >= 11 is 0. The molecular formula is C19H26O4. The van der Waals surface area contributed by atoms with Crippen LogP contribution in [0.5, 0.6) is 5.75 Å². The molecule has 0 radical (unpaired) electrons. The molecule has 1 N–H and O–H groups in total. The summed E-state index contributed by atoms with van der Waals surface area (Å²) in [7, 11) is 0. The highest BCUT2D eigenvalue weighted by Crippen LogP contribution is 2.44. The van der Waals surface area contributed by atoms with Gasteiger partial charge in [-0.25, -0.2) is 4.79 Å². The molecule has 1 aromatic carbocycles. The maximum atomic E-state index is 11.7. The van der Waals surface area contributed by atoms with Crippen LogP contribution in [0.15, 0.2) is 36.9 Å². The van der Waals surface area contributed by atoms with E-state index in [4.69, 9.17) is 9.47 Å². The van der Waals surface area contributed by atoms with Crippen molar-refractivity contribution in [3.8, 4) is 5.75 Å². The predicted octanol–water partition coefficient (Wildman–Crippen LogP) is 4.12. The minimum absolute atomic E-state index is 0.165. The first-order chi connectivity index (χ1) is 11.0. The van der Waals surface area contributed by atoms with Crippen LogP contribution >= 0.6 is 0 Å². The number of carbonyl (C=O) groups is 1. The molecule has 0 aromatic heterocycles. The van der Waals surface area contributed by atoms with Crippen LogP contribution in [-0.2, 0) is 9.53 Å². The van der Waals surface area contributed by atoms with Gasteiger partial charge in [-0.05, 0) is 31.4 Å². The smallest absolute Gasteiger partial charge is 0.338 e. The second-order valence-corrected chi connectivity index (χ2v) is 6.18. The van der Waals surface area contributed by atoms with Crippen molar-refractivity contribution in [3.63, 3.8) is 0 Å². The van der Waals surface area contributed by atoms with E-state index < -0.39 is 11.6 Å². The molecule has 4 nitrogen and oxygen atoms in total. The lowest BCUT2D eigenvalue weighted by Gasteiger charge is -2.22. The second kappa shape index (κ2) is 7.64. The second-order valence-electron chi connectivity index (χ2n) is 6.18. The van der Waals surface area contributed by atoms with Crippen LogP contribution in [0.2, 0.25) is 0 Å².